The average molecular weight is 429 g/mol. The molecule has 2 aromatic carbocycles. The van der Waals surface area contributed by atoms with E-state index in [1.165, 1.54) is 9.87 Å². The molecule has 0 aromatic heterocycles. The van der Waals surface area contributed by atoms with Crippen molar-refractivity contribution in [3.8, 4) is 5.75 Å². The minimum absolute atomic E-state index is 0.0262. The van der Waals surface area contributed by atoms with Gasteiger partial charge in [-0.1, -0.05) is 18.2 Å². The van der Waals surface area contributed by atoms with Gasteiger partial charge in [0.05, 0.1) is 17.9 Å². The van der Waals surface area contributed by atoms with Gasteiger partial charge in [-0.25, -0.2) is 8.42 Å². The number of amides is 1. The zero-order valence-corrected chi connectivity index (χ0v) is 18.5. The van der Waals surface area contributed by atoms with Crippen LogP contribution in [0, 0.1) is 12.8 Å². The number of anilines is 1. The summed E-state index contributed by atoms with van der Waals surface area (Å²) in [7, 11) is -2.10. The van der Waals surface area contributed by atoms with E-state index >= 15 is 0 Å². The van der Waals surface area contributed by atoms with Gasteiger partial charge in [-0.3, -0.25) is 4.79 Å². The molecule has 2 aliphatic heterocycles. The fraction of sp³-hybridized carbons (Fsp3) is 0.435. The largest absolute Gasteiger partial charge is 0.496 e. The fourth-order valence-electron chi connectivity index (χ4n) is 4.62. The van der Waals surface area contributed by atoms with Crippen molar-refractivity contribution >= 4 is 21.6 Å². The Morgan fingerprint density at radius 3 is 2.67 bits per heavy atom. The highest BCUT2D eigenvalue weighted by Crippen LogP contribution is 2.35. The molecule has 2 heterocycles. The molecule has 30 heavy (non-hydrogen) atoms. The number of fused-ring (bicyclic) bond motifs is 1. The number of benzene rings is 2. The van der Waals surface area contributed by atoms with Gasteiger partial charge >= 0.3 is 0 Å². The normalized spacial score (nSPS) is 22.0. The molecule has 4 rings (SSSR count). The third-order valence-electron chi connectivity index (χ3n) is 6.18. The van der Waals surface area contributed by atoms with Crippen LogP contribution in [-0.2, 0) is 21.2 Å². The standard InChI is InChI=1S/C23H28N2O4S/c1-16-13-20(10-11-22(16)29-3)30(27,28)24-12-6-8-19(15-24)23(26)25-17(2)14-18-7-4-5-9-21(18)25/h4-5,7,9-11,13,17,19H,6,8,12,14-15H2,1-3H3/t17-,19+/m1/s1. The second-order valence-electron chi connectivity index (χ2n) is 8.22. The lowest BCUT2D eigenvalue weighted by Gasteiger charge is -2.34. The molecule has 1 fully saturated rings. The second kappa shape index (κ2) is 8.04. The Balaban J connectivity index is 1.56. The molecular formula is C23H28N2O4S. The molecule has 160 valence electrons. The number of hydrogen-bond donors (Lipinski definition) is 0. The number of piperidine rings is 1. The number of para-hydroxylation sites is 1. The van der Waals surface area contributed by atoms with Crippen molar-refractivity contribution in [3.05, 3.63) is 53.6 Å². The number of carbonyl (C=O) groups excluding carboxylic acids is 1. The molecule has 2 aliphatic rings. The summed E-state index contributed by atoms with van der Waals surface area (Å²) in [6.07, 6.45) is 2.22. The van der Waals surface area contributed by atoms with Gasteiger partial charge in [-0.2, -0.15) is 4.31 Å². The van der Waals surface area contributed by atoms with E-state index in [-0.39, 0.29) is 29.3 Å². The van der Waals surface area contributed by atoms with Crippen LogP contribution in [0.15, 0.2) is 47.4 Å². The number of ether oxygens (including phenoxy) is 1. The lowest BCUT2D eigenvalue weighted by atomic mass is 9.97. The predicted octanol–water partition coefficient (Wildman–Crippen LogP) is 3.38. The summed E-state index contributed by atoms with van der Waals surface area (Å²) in [5, 5.41) is 0. The minimum atomic E-state index is -3.67. The number of carbonyl (C=O) groups is 1. The van der Waals surface area contributed by atoms with Gasteiger partial charge in [0.2, 0.25) is 15.9 Å². The van der Waals surface area contributed by atoms with Crippen LogP contribution < -0.4 is 9.64 Å². The third kappa shape index (κ3) is 3.61. The van der Waals surface area contributed by atoms with Crippen LogP contribution in [0.4, 0.5) is 5.69 Å². The molecule has 6 nitrogen and oxygen atoms in total. The van der Waals surface area contributed by atoms with Crippen LogP contribution in [0.25, 0.3) is 0 Å². The highest BCUT2D eigenvalue weighted by molar-refractivity contribution is 7.89. The molecule has 0 aliphatic carbocycles. The quantitative estimate of drug-likeness (QED) is 0.749. The summed E-state index contributed by atoms with van der Waals surface area (Å²) in [5.74, 6) is 0.349. The maximum absolute atomic E-state index is 13.4. The lowest BCUT2D eigenvalue weighted by molar-refractivity contribution is -0.123. The zero-order valence-electron chi connectivity index (χ0n) is 17.7. The second-order valence-corrected chi connectivity index (χ2v) is 10.2. The van der Waals surface area contributed by atoms with Gasteiger partial charge in [0, 0.05) is 24.8 Å². The molecule has 0 bridgehead atoms. The number of nitrogens with zero attached hydrogens (tertiary/aromatic N) is 2. The number of sulfonamides is 1. The van der Waals surface area contributed by atoms with Crippen molar-refractivity contribution < 1.29 is 17.9 Å². The van der Waals surface area contributed by atoms with Crippen LogP contribution >= 0.6 is 0 Å². The first kappa shape index (κ1) is 20.9. The smallest absolute Gasteiger partial charge is 0.243 e. The topological polar surface area (TPSA) is 66.9 Å². The fourth-order valence-corrected chi connectivity index (χ4v) is 6.23. The summed E-state index contributed by atoms with van der Waals surface area (Å²) in [6, 6.07) is 13.0. The number of aryl methyl sites for hydroxylation is 1. The summed E-state index contributed by atoms with van der Waals surface area (Å²) in [6.45, 7) is 4.53. The molecule has 0 N–H and O–H groups in total. The van der Waals surface area contributed by atoms with E-state index in [1.807, 2.05) is 30.0 Å². The van der Waals surface area contributed by atoms with Crippen molar-refractivity contribution in [1.82, 2.24) is 4.31 Å². The molecule has 2 aromatic rings. The Labute approximate surface area is 178 Å². The average Bonchev–Trinajstić information content (AvgIpc) is 3.08. The monoisotopic (exact) mass is 428 g/mol. The predicted molar refractivity (Wildman–Crippen MR) is 116 cm³/mol. The number of rotatable bonds is 4. The molecule has 1 saturated heterocycles. The number of methoxy groups -OCH3 is 1. The molecule has 0 unspecified atom stereocenters. The summed E-state index contributed by atoms with van der Waals surface area (Å²) >= 11 is 0. The SMILES string of the molecule is COc1ccc(S(=O)(=O)N2CCC[C@H](C(=O)N3c4ccccc4C[C@H]3C)C2)cc1C. The summed E-state index contributed by atoms with van der Waals surface area (Å²) in [4.78, 5) is 15.5. The highest BCUT2D eigenvalue weighted by Gasteiger charge is 2.39. The first-order valence-corrected chi connectivity index (χ1v) is 11.8. The van der Waals surface area contributed by atoms with Crippen molar-refractivity contribution in [2.45, 2.75) is 44.0 Å². The van der Waals surface area contributed by atoms with Gasteiger partial charge in [0.25, 0.3) is 0 Å². The molecule has 0 spiro atoms. The number of hydrogen-bond acceptors (Lipinski definition) is 4. The van der Waals surface area contributed by atoms with E-state index in [0.717, 1.165) is 17.7 Å². The minimum Gasteiger partial charge on any atom is -0.496 e. The Morgan fingerprint density at radius 2 is 1.93 bits per heavy atom. The van der Waals surface area contributed by atoms with Crippen LogP contribution in [0.3, 0.4) is 0 Å². The Morgan fingerprint density at radius 1 is 1.17 bits per heavy atom. The molecule has 2 atom stereocenters. The summed E-state index contributed by atoms with van der Waals surface area (Å²) in [5.41, 5.74) is 2.90. The van der Waals surface area contributed by atoms with Crippen LogP contribution in [0.2, 0.25) is 0 Å². The zero-order chi connectivity index (χ0) is 21.5. The van der Waals surface area contributed by atoms with E-state index in [0.29, 0.717) is 25.1 Å². The van der Waals surface area contributed by atoms with E-state index in [4.69, 9.17) is 4.74 Å². The van der Waals surface area contributed by atoms with Gasteiger partial charge in [0.1, 0.15) is 5.75 Å². The molecule has 0 radical (unpaired) electrons. The van der Waals surface area contributed by atoms with Gasteiger partial charge in [-0.05, 0) is 68.5 Å². The van der Waals surface area contributed by atoms with Crippen LogP contribution in [0.5, 0.6) is 5.75 Å². The first-order valence-electron chi connectivity index (χ1n) is 10.4. The maximum Gasteiger partial charge on any atom is 0.243 e. The first-order chi connectivity index (χ1) is 14.3. The van der Waals surface area contributed by atoms with Crippen molar-refractivity contribution in [3.63, 3.8) is 0 Å². The summed E-state index contributed by atoms with van der Waals surface area (Å²) < 4.78 is 33.2. The molecule has 0 saturated carbocycles. The van der Waals surface area contributed by atoms with E-state index in [9.17, 15) is 13.2 Å². The van der Waals surface area contributed by atoms with Gasteiger partial charge < -0.3 is 9.64 Å². The van der Waals surface area contributed by atoms with Crippen LogP contribution in [-0.4, -0.2) is 44.9 Å². The Kier molecular flexibility index (Phi) is 5.59. The van der Waals surface area contributed by atoms with E-state index < -0.39 is 10.0 Å². The maximum atomic E-state index is 13.4. The molecule has 1 amide bonds. The Hall–Kier alpha value is -2.38. The molecule has 7 heteroatoms. The van der Waals surface area contributed by atoms with Gasteiger partial charge in [0.15, 0.2) is 0 Å². The lowest BCUT2D eigenvalue weighted by Crippen LogP contribution is -2.48. The van der Waals surface area contributed by atoms with Crippen LogP contribution in [0.1, 0.15) is 30.9 Å². The van der Waals surface area contributed by atoms with Crippen molar-refractivity contribution in [2.75, 3.05) is 25.1 Å². The highest BCUT2D eigenvalue weighted by atomic mass is 32.2. The molecular weight excluding hydrogens is 400 g/mol. The third-order valence-corrected chi connectivity index (χ3v) is 8.04. The van der Waals surface area contributed by atoms with E-state index in [2.05, 4.69) is 13.0 Å². The van der Waals surface area contributed by atoms with Crippen molar-refractivity contribution in [2.24, 2.45) is 5.92 Å². The van der Waals surface area contributed by atoms with E-state index in [1.54, 1.807) is 25.3 Å². The Bertz CT molecular complexity index is 1070. The van der Waals surface area contributed by atoms with Gasteiger partial charge in [-0.15, -0.1) is 0 Å². The van der Waals surface area contributed by atoms with Crippen molar-refractivity contribution in [1.29, 1.82) is 0 Å².